The van der Waals surface area contributed by atoms with Crippen molar-refractivity contribution in [2.45, 2.75) is 32.4 Å². The summed E-state index contributed by atoms with van der Waals surface area (Å²) in [4.78, 5) is 29.7. The van der Waals surface area contributed by atoms with E-state index in [1.807, 2.05) is 0 Å². The second-order valence-electron chi connectivity index (χ2n) is 8.34. The maximum absolute atomic E-state index is 13.1. The minimum absolute atomic E-state index is 0.258. The Morgan fingerprint density at radius 1 is 1.10 bits per heavy atom. The highest BCUT2D eigenvalue weighted by Gasteiger charge is 2.33. The molecule has 1 aliphatic heterocycles. The van der Waals surface area contributed by atoms with Crippen LogP contribution in [0, 0.1) is 6.92 Å². The molecule has 1 saturated carbocycles. The molecule has 156 valence electrons. The number of benzene rings is 1. The summed E-state index contributed by atoms with van der Waals surface area (Å²) < 4.78 is 0. The number of piperazine rings is 1. The Balaban J connectivity index is 1.19. The number of carbonyl (C=O) groups excluding carboxylic acids is 1. The fraction of sp³-hybridized carbons (Fsp3) is 0.435. The molecule has 30 heavy (non-hydrogen) atoms. The van der Waals surface area contributed by atoms with Crippen LogP contribution in [0.25, 0.3) is 10.2 Å². The first-order valence-corrected chi connectivity index (χ1v) is 11.6. The third kappa shape index (κ3) is 4.18. The first-order valence-electron chi connectivity index (χ1n) is 10.7. The highest BCUT2D eigenvalue weighted by Crippen LogP contribution is 2.29. The van der Waals surface area contributed by atoms with Crippen molar-refractivity contribution in [3.63, 3.8) is 0 Å². The van der Waals surface area contributed by atoms with E-state index in [2.05, 4.69) is 67.3 Å². The lowest BCUT2D eigenvalue weighted by molar-refractivity contribution is -0.133. The van der Waals surface area contributed by atoms with Crippen LogP contribution in [0.1, 0.15) is 24.0 Å². The molecule has 2 fully saturated rings. The van der Waals surface area contributed by atoms with Crippen LogP contribution in [-0.4, -0.2) is 64.4 Å². The molecule has 0 N–H and O–H groups in total. The lowest BCUT2D eigenvalue weighted by Crippen LogP contribution is -2.50. The van der Waals surface area contributed by atoms with Crippen molar-refractivity contribution in [1.29, 1.82) is 0 Å². The van der Waals surface area contributed by atoms with Crippen molar-refractivity contribution in [3.8, 4) is 0 Å². The maximum Gasteiger partial charge on any atom is 0.237 e. The van der Waals surface area contributed by atoms with Gasteiger partial charge < -0.3 is 9.80 Å². The maximum atomic E-state index is 13.1. The smallest absolute Gasteiger partial charge is 0.237 e. The third-order valence-corrected chi connectivity index (χ3v) is 6.87. The quantitative estimate of drug-likeness (QED) is 0.611. The number of amides is 1. The van der Waals surface area contributed by atoms with Crippen LogP contribution in [0.4, 0.5) is 5.82 Å². The molecule has 3 heterocycles. The number of fused-ring (bicyclic) bond motifs is 1. The summed E-state index contributed by atoms with van der Waals surface area (Å²) in [6.45, 7) is 6.86. The van der Waals surface area contributed by atoms with Crippen molar-refractivity contribution < 1.29 is 4.79 Å². The summed E-state index contributed by atoms with van der Waals surface area (Å²) in [6.07, 6.45) is 3.92. The first kappa shape index (κ1) is 19.5. The number of thiophene rings is 1. The van der Waals surface area contributed by atoms with Crippen LogP contribution in [0.15, 0.2) is 42.0 Å². The Kier molecular flexibility index (Phi) is 5.39. The number of aromatic nitrogens is 2. The molecule has 2 aliphatic rings. The number of aryl methyl sites for hydroxylation is 1. The van der Waals surface area contributed by atoms with Crippen molar-refractivity contribution in [3.05, 3.63) is 53.2 Å². The summed E-state index contributed by atoms with van der Waals surface area (Å²) in [7, 11) is 0. The van der Waals surface area contributed by atoms with Gasteiger partial charge in [-0.15, -0.1) is 11.3 Å². The van der Waals surface area contributed by atoms with Gasteiger partial charge in [0.1, 0.15) is 17.0 Å². The number of rotatable bonds is 6. The lowest BCUT2D eigenvalue weighted by Gasteiger charge is -2.36. The predicted molar refractivity (Wildman–Crippen MR) is 121 cm³/mol. The number of carbonyl (C=O) groups is 1. The van der Waals surface area contributed by atoms with Gasteiger partial charge in [-0.1, -0.05) is 29.8 Å². The Morgan fingerprint density at radius 3 is 2.60 bits per heavy atom. The van der Waals surface area contributed by atoms with Gasteiger partial charge in [-0.3, -0.25) is 9.69 Å². The second-order valence-corrected chi connectivity index (χ2v) is 9.23. The first-order chi connectivity index (χ1) is 14.7. The van der Waals surface area contributed by atoms with Crippen molar-refractivity contribution in [1.82, 2.24) is 19.8 Å². The standard InChI is InChI=1S/C23H27N5OS/c1-17-2-4-18(5-3-17)14-28(19-6-7-19)21(29)15-26-9-11-27(12-10-26)22-20-8-13-30-23(20)25-16-24-22/h2-5,8,13,16,19H,6-7,9-12,14-15H2,1H3. The molecule has 0 spiro atoms. The molecule has 0 bridgehead atoms. The highest BCUT2D eigenvalue weighted by molar-refractivity contribution is 7.16. The lowest BCUT2D eigenvalue weighted by atomic mass is 10.1. The van der Waals surface area contributed by atoms with Crippen LogP contribution < -0.4 is 4.90 Å². The summed E-state index contributed by atoms with van der Waals surface area (Å²) in [5.74, 6) is 1.28. The van der Waals surface area contributed by atoms with E-state index in [0.29, 0.717) is 12.6 Å². The van der Waals surface area contributed by atoms with E-state index < -0.39 is 0 Å². The van der Waals surface area contributed by atoms with Crippen LogP contribution in [0.3, 0.4) is 0 Å². The Morgan fingerprint density at radius 2 is 1.87 bits per heavy atom. The molecule has 0 radical (unpaired) electrons. The molecular weight excluding hydrogens is 394 g/mol. The second kappa shape index (κ2) is 8.32. The minimum Gasteiger partial charge on any atom is -0.353 e. The fourth-order valence-electron chi connectivity index (χ4n) is 4.13. The van der Waals surface area contributed by atoms with E-state index in [9.17, 15) is 4.79 Å². The molecule has 1 amide bonds. The molecule has 3 aromatic rings. The number of nitrogens with zero attached hydrogens (tertiary/aromatic N) is 5. The molecule has 1 saturated heterocycles. The molecule has 0 atom stereocenters. The van der Waals surface area contributed by atoms with Gasteiger partial charge in [0, 0.05) is 38.8 Å². The number of hydrogen-bond donors (Lipinski definition) is 0. The monoisotopic (exact) mass is 421 g/mol. The van der Waals surface area contributed by atoms with Gasteiger partial charge in [0.2, 0.25) is 5.91 Å². The number of hydrogen-bond acceptors (Lipinski definition) is 6. The third-order valence-electron chi connectivity index (χ3n) is 6.05. The fourth-order valence-corrected chi connectivity index (χ4v) is 4.85. The van der Waals surface area contributed by atoms with E-state index in [0.717, 1.165) is 61.6 Å². The van der Waals surface area contributed by atoms with Gasteiger partial charge in [0.05, 0.1) is 11.9 Å². The van der Waals surface area contributed by atoms with Crippen molar-refractivity contribution in [2.75, 3.05) is 37.6 Å². The highest BCUT2D eigenvalue weighted by atomic mass is 32.1. The van der Waals surface area contributed by atoms with Gasteiger partial charge >= 0.3 is 0 Å². The van der Waals surface area contributed by atoms with E-state index >= 15 is 0 Å². The molecule has 2 aromatic heterocycles. The Labute approximate surface area is 181 Å². The van der Waals surface area contributed by atoms with Gasteiger partial charge in [-0.05, 0) is 36.8 Å². The zero-order valence-corrected chi connectivity index (χ0v) is 18.1. The van der Waals surface area contributed by atoms with Crippen LogP contribution in [-0.2, 0) is 11.3 Å². The molecule has 5 rings (SSSR count). The Hall–Kier alpha value is -2.51. The van der Waals surface area contributed by atoms with Crippen LogP contribution in [0.5, 0.6) is 0 Å². The average Bonchev–Trinajstić information content (AvgIpc) is 3.49. The van der Waals surface area contributed by atoms with E-state index in [1.165, 1.54) is 11.1 Å². The summed E-state index contributed by atoms with van der Waals surface area (Å²) in [6, 6.07) is 11.1. The van der Waals surface area contributed by atoms with Crippen LogP contribution in [0.2, 0.25) is 0 Å². The van der Waals surface area contributed by atoms with Gasteiger partial charge in [-0.2, -0.15) is 0 Å². The Bertz CT molecular complexity index is 1020. The SMILES string of the molecule is Cc1ccc(CN(C(=O)CN2CCN(c3ncnc4sccc34)CC2)C2CC2)cc1. The van der Waals surface area contributed by atoms with E-state index in [-0.39, 0.29) is 5.91 Å². The molecule has 1 aliphatic carbocycles. The van der Waals surface area contributed by atoms with Gasteiger partial charge in [0.15, 0.2) is 0 Å². The van der Waals surface area contributed by atoms with E-state index in [4.69, 9.17) is 0 Å². The normalized spacial score (nSPS) is 17.4. The zero-order valence-electron chi connectivity index (χ0n) is 17.3. The summed E-state index contributed by atoms with van der Waals surface area (Å²) >= 11 is 1.65. The summed E-state index contributed by atoms with van der Waals surface area (Å²) in [5, 5.41) is 3.20. The largest absolute Gasteiger partial charge is 0.353 e. The van der Waals surface area contributed by atoms with Crippen LogP contribution >= 0.6 is 11.3 Å². The van der Waals surface area contributed by atoms with Gasteiger partial charge in [-0.25, -0.2) is 9.97 Å². The number of anilines is 1. The molecule has 1 aromatic carbocycles. The molecular formula is C23H27N5OS. The predicted octanol–water partition coefficient (Wildman–Crippen LogP) is 3.31. The zero-order chi connectivity index (χ0) is 20.5. The van der Waals surface area contributed by atoms with Gasteiger partial charge in [0.25, 0.3) is 0 Å². The van der Waals surface area contributed by atoms with E-state index in [1.54, 1.807) is 17.7 Å². The summed E-state index contributed by atoms with van der Waals surface area (Å²) in [5.41, 5.74) is 2.47. The topological polar surface area (TPSA) is 52.6 Å². The van der Waals surface area contributed by atoms with Crippen molar-refractivity contribution in [2.24, 2.45) is 0 Å². The minimum atomic E-state index is 0.258. The molecule has 0 unspecified atom stereocenters. The molecule has 7 heteroatoms. The average molecular weight is 422 g/mol. The molecule has 6 nitrogen and oxygen atoms in total. The van der Waals surface area contributed by atoms with Crippen molar-refractivity contribution >= 4 is 33.3 Å².